The van der Waals surface area contributed by atoms with Crippen LogP contribution in [0.25, 0.3) is 11.3 Å². The van der Waals surface area contributed by atoms with Crippen LogP contribution < -0.4 is 20.1 Å². The Morgan fingerprint density at radius 1 is 1.28 bits per heavy atom. The van der Waals surface area contributed by atoms with E-state index in [0.29, 0.717) is 47.4 Å². The SMILES string of the molecule is COc1nccc(O[C@@H]2CC[C@H](NC(=O)O)C2)c1-c1cc(Nc2cnc(C#N)cn2)n[nH]1. The maximum atomic E-state index is 10.9. The van der Waals surface area contributed by atoms with E-state index in [-0.39, 0.29) is 17.8 Å². The second-order valence-corrected chi connectivity index (χ2v) is 7.08. The van der Waals surface area contributed by atoms with Crippen LogP contribution in [0.3, 0.4) is 0 Å². The highest BCUT2D eigenvalue weighted by atomic mass is 16.5. The van der Waals surface area contributed by atoms with Crippen molar-refractivity contribution in [3.63, 3.8) is 0 Å². The van der Waals surface area contributed by atoms with Gasteiger partial charge in [0.15, 0.2) is 11.5 Å². The van der Waals surface area contributed by atoms with Gasteiger partial charge in [-0.1, -0.05) is 0 Å². The van der Waals surface area contributed by atoms with Gasteiger partial charge in [0.1, 0.15) is 29.3 Å². The summed E-state index contributed by atoms with van der Waals surface area (Å²) < 4.78 is 11.6. The summed E-state index contributed by atoms with van der Waals surface area (Å²) in [5, 5.41) is 30.4. The molecule has 1 aliphatic rings. The lowest BCUT2D eigenvalue weighted by atomic mass is 10.1. The molecule has 3 aromatic rings. The average Bonchev–Trinajstić information content (AvgIpc) is 3.43. The van der Waals surface area contributed by atoms with Crippen LogP contribution in [-0.2, 0) is 0 Å². The molecule has 32 heavy (non-hydrogen) atoms. The van der Waals surface area contributed by atoms with Crippen molar-refractivity contribution >= 4 is 17.7 Å². The number of anilines is 2. The van der Waals surface area contributed by atoms with Gasteiger partial charge in [0.05, 0.1) is 25.2 Å². The average molecular weight is 436 g/mol. The van der Waals surface area contributed by atoms with Crippen LogP contribution in [0.5, 0.6) is 11.6 Å². The lowest BCUT2D eigenvalue weighted by molar-refractivity contribution is 0.185. The molecular formula is C20H20N8O4. The largest absolute Gasteiger partial charge is 0.489 e. The summed E-state index contributed by atoms with van der Waals surface area (Å²) in [6, 6.07) is 5.25. The van der Waals surface area contributed by atoms with E-state index in [1.165, 1.54) is 19.5 Å². The molecule has 0 unspecified atom stereocenters. The zero-order valence-electron chi connectivity index (χ0n) is 17.1. The number of H-pyrrole nitrogens is 1. The summed E-state index contributed by atoms with van der Waals surface area (Å²) in [6.45, 7) is 0. The molecule has 0 saturated heterocycles. The third-order valence-electron chi connectivity index (χ3n) is 4.95. The summed E-state index contributed by atoms with van der Waals surface area (Å²) in [5.74, 6) is 1.81. The molecule has 2 atom stereocenters. The van der Waals surface area contributed by atoms with Crippen molar-refractivity contribution < 1.29 is 19.4 Å². The monoisotopic (exact) mass is 436 g/mol. The van der Waals surface area contributed by atoms with E-state index in [9.17, 15) is 4.79 Å². The molecule has 164 valence electrons. The molecule has 12 nitrogen and oxygen atoms in total. The Hall–Kier alpha value is -4.40. The second kappa shape index (κ2) is 9.17. The zero-order chi connectivity index (χ0) is 22.5. The third-order valence-corrected chi connectivity index (χ3v) is 4.95. The Balaban J connectivity index is 1.54. The quantitative estimate of drug-likeness (QED) is 0.431. The van der Waals surface area contributed by atoms with E-state index in [4.69, 9.17) is 19.8 Å². The molecule has 1 aliphatic carbocycles. The first kappa shape index (κ1) is 20.9. The molecule has 0 aliphatic heterocycles. The van der Waals surface area contributed by atoms with Crippen LogP contribution in [0.4, 0.5) is 16.4 Å². The van der Waals surface area contributed by atoms with E-state index >= 15 is 0 Å². The van der Waals surface area contributed by atoms with Crippen LogP contribution in [0, 0.1) is 11.3 Å². The highest BCUT2D eigenvalue weighted by Gasteiger charge is 2.29. The lowest BCUT2D eigenvalue weighted by Crippen LogP contribution is -2.32. The molecule has 1 fully saturated rings. The van der Waals surface area contributed by atoms with Gasteiger partial charge in [-0.3, -0.25) is 5.10 Å². The Morgan fingerprint density at radius 3 is 2.88 bits per heavy atom. The summed E-state index contributed by atoms with van der Waals surface area (Å²) in [7, 11) is 1.51. The van der Waals surface area contributed by atoms with E-state index in [0.717, 1.165) is 6.42 Å². The van der Waals surface area contributed by atoms with Gasteiger partial charge < -0.3 is 25.2 Å². The fourth-order valence-electron chi connectivity index (χ4n) is 3.55. The number of ether oxygens (including phenoxy) is 2. The molecule has 3 aromatic heterocycles. The zero-order valence-corrected chi connectivity index (χ0v) is 17.1. The van der Waals surface area contributed by atoms with Crippen molar-refractivity contribution in [2.45, 2.75) is 31.4 Å². The van der Waals surface area contributed by atoms with Crippen molar-refractivity contribution in [2.24, 2.45) is 0 Å². The number of aromatic amines is 1. The van der Waals surface area contributed by atoms with Crippen LogP contribution >= 0.6 is 0 Å². The minimum atomic E-state index is -1.04. The number of hydrogen-bond donors (Lipinski definition) is 4. The predicted molar refractivity (Wildman–Crippen MR) is 112 cm³/mol. The molecule has 0 radical (unpaired) electrons. The number of aromatic nitrogens is 5. The fourth-order valence-corrected chi connectivity index (χ4v) is 3.55. The number of carboxylic acid groups (broad SMARTS) is 1. The lowest BCUT2D eigenvalue weighted by Gasteiger charge is -2.17. The molecule has 0 bridgehead atoms. The van der Waals surface area contributed by atoms with Gasteiger partial charge >= 0.3 is 6.09 Å². The van der Waals surface area contributed by atoms with Crippen molar-refractivity contribution in [1.82, 2.24) is 30.5 Å². The Morgan fingerprint density at radius 2 is 2.16 bits per heavy atom. The van der Waals surface area contributed by atoms with Crippen LogP contribution in [-0.4, -0.2) is 55.6 Å². The molecule has 1 saturated carbocycles. The summed E-state index contributed by atoms with van der Waals surface area (Å²) >= 11 is 0. The third kappa shape index (κ3) is 4.67. The van der Waals surface area contributed by atoms with Gasteiger partial charge in [-0.15, -0.1) is 0 Å². The van der Waals surface area contributed by atoms with E-state index in [2.05, 4.69) is 35.8 Å². The number of carbonyl (C=O) groups is 1. The topological polar surface area (TPSA) is 171 Å². The van der Waals surface area contributed by atoms with Crippen molar-refractivity contribution in [3.8, 4) is 29.0 Å². The smallest absolute Gasteiger partial charge is 0.404 e. The molecule has 4 N–H and O–H groups in total. The number of rotatable bonds is 7. The molecule has 4 rings (SSSR count). The molecule has 0 aromatic carbocycles. The summed E-state index contributed by atoms with van der Waals surface area (Å²) in [5.41, 5.74) is 1.41. The first-order chi connectivity index (χ1) is 15.6. The maximum absolute atomic E-state index is 10.9. The Bertz CT molecular complexity index is 1140. The highest BCUT2D eigenvalue weighted by Crippen LogP contribution is 2.38. The standard InChI is InChI=1S/C20H20N8O4/c1-31-19-18(14-7-16(28-27-14)26-17-10-23-12(8-21)9-24-17)15(4-5-22-19)32-13-3-2-11(6-13)25-20(29)30/h4-5,7,9-11,13,25H,2-3,6H2,1H3,(H,29,30)(H2,24,26,27,28)/t11-,13+/m0/s1. The van der Waals surface area contributed by atoms with Gasteiger partial charge in [-0.05, 0) is 18.9 Å². The second-order valence-electron chi connectivity index (χ2n) is 7.08. The minimum absolute atomic E-state index is 0.138. The first-order valence-corrected chi connectivity index (χ1v) is 9.79. The summed E-state index contributed by atoms with van der Waals surface area (Å²) in [6.07, 6.45) is 5.21. The van der Waals surface area contributed by atoms with Crippen molar-refractivity contribution in [2.75, 3.05) is 12.4 Å². The van der Waals surface area contributed by atoms with Crippen LogP contribution in [0.15, 0.2) is 30.7 Å². The van der Waals surface area contributed by atoms with E-state index in [1.807, 2.05) is 6.07 Å². The Kier molecular flexibility index (Phi) is 5.98. The molecule has 12 heteroatoms. The number of hydrogen-bond acceptors (Lipinski definition) is 9. The Labute approximate surface area is 182 Å². The fraction of sp³-hybridized carbons (Fsp3) is 0.300. The first-order valence-electron chi connectivity index (χ1n) is 9.79. The normalized spacial score (nSPS) is 17.4. The predicted octanol–water partition coefficient (Wildman–Crippen LogP) is 2.45. The molecule has 0 spiro atoms. The number of nitriles is 1. The van der Waals surface area contributed by atoms with Gasteiger partial charge in [0.2, 0.25) is 5.88 Å². The molecular weight excluding hydrogens is 416 g/mol. The van der Waals surface area contributed by atoms with Crippen molar-refractivity contribution in [1.29, 1.82) is 5.26 Å². The van der Waals surface area contributed by atoms with Gasteiger partial charge in [0.25, 0.3) is 0 Å². The maximum Gasteiger partial charge on any atom is 0.404 e. The van der Waals surface area contributed by atoms with Crippen LogP contribution in [0.2, 0.25) is 0 Å². The van der Waals surface area contributed by atoms with Gasteiger partial charge in [-0.25, -0.2) is 19.7 Å². The van der Waals surface area contributed by atoms with Gasteiger partial charge in [-0.2, -0.15) is 10.4 Å². The number of pyridine rings is 1. The van der Waals surface area contributed by atoms with Crippen molar-refractivity contribution in [3.05, 3.63) is 36.4 Å². The minimum Gasteiger partial charge on any atom is -0.489 e. The summed E-state index contributed by atoms with van der Waals surface area (Å²) in [4.78, 5) is 23.2. The number of nitrogens with zero attached hydrogens (tertiary/aromatic N) is 5. The van der Waals surface area contributed by atoms with Crippen LogP contribution in [0.1, 0.15) is 25.0 Å². The number of methoxy groups -OCH3 is 1. The number of nitrogens with one attached hydrogen (secondary N) is 3. The molecule has 3 heterocycles. The number of amides is 1. The van der Waals surface area contributed by atoms with Gasteiger partial charge in [0, 0.05) is 24.7 Å². The highest BCUT2D eigenvalue weighted by molar-refractivity contribution is 5.74. The van der Waals surface area contributed by atoms with E-state index in [1.54, 1.807) is 18.3 Å². The van der Waals surface area contributed by atoms with E-state index < -0.39 is 6.09 Å². The molecule has 1 amide bonds.